The molecule has 2 amide bonds. The maximum Gasteiger partial charge on any atom is 0.274 e. The SMILES string of the molecule is CC1CCCC2(C)CN1C(=O)c1c(O)c(=O)c(C(=O)NCc3ccc(F)cc3F)cn12. The van der Waals surface area contributed by atoms with E-state index in [2.05, 4.69) is 5.32 Å². The smallest absolute Gasteiger partial charge is 0.274 e. The first-order chi connectivity index (χ1) is 14.6. The Kier molecular flexibility index (Phi) is 5.07. The lowest BCUT2D eigenvalue weighted by molar-refractivity contribution is 0.0510. The van der Waals surface area contributed by atoms with E-state index in [0.717, 1.165) is 18.9 Å². The lowest BCUT2D eigenvalue weighted by atomic mass is 9.92. The van der Waals surface area contributed by atoms with Gasteiger partial charge in [0.25, 0.3) is 11.8 Å². The molecule has 1 aromatic heterocycles. The molecule has 0 aliphatic carbocycles. The van der Waals surface area contributed by atoms with E-state index in [4.69, 9.17) is 0 Å². The van der Waals surface area contributed by atoms with Gasteiger partial charge in [0.05, 0.1) is 5.54 Å². The van der Waals surface area contributed by atoms with Crippen LogP contribution in [-0.4, -0.2) is 39.0 Å². The molecular weight excluding hydrogens is 408 g/mol. The number of nitrogens with one attached hydrogen (secondary N) is 1. The van der Waals surface area contributed by atoms with Crippen LogP contribution >= 0.6 is 0 Å². The second-order valence-electron chi connectivity index (χ2n) is 8.53. The summed E-state index contributed by atoms with van der Waals surface area (Å²) < 4.78 is 28.4. The van der Waals surface area contributed by atoms with E-state index in [9.17, 15) is 28.3 Å². The number of nitrogens with zero attached hydrogens (tertiary/aromatic N) is 2. The molecule has 2 N–H and O–H groups in total. The van der Waals surface area contributed by atoms with Crippen LogP contribution in [0.2, 0.25) is 0 Å². The molecule has 2 aromatic rings. The molecule has 2 aliphatic heterocycles. The standard InChI is InChI=1S/C22H23F2N3O4/c1-12-4-3-7-22(2)11-26(12)21(31)17-19(29)18(28)15(10-27(17)22)20(30)25-9-13-5-6-14(23)8-16(13)24/h5-6,8,10,12,29H,3-4,7,9,11H2,1-2H3,(H,25,30). The second-order valence-corrected chi connectivity index (χ2v) is 8.53. The van der Waals surface area contributed by atoms with Crippen LogP contribution in [0.15, 0.2) is 29.2 Å². The molecule has 2 aliphatic rings. The van der Waals surface area contributed by atoms with Crippen LogP contribution in [0.25, 0.3) is 0 Å². The number of aromatic nitrogens is 1. The predicted octanol–water partition coefficient (Wildman–Crippen LogP) is 2.51. The van der Waals surface area contributed by atoms with Gasteiger partial charge in [-0.15, -0.1) is 0 Å². The van der Waals surface area contributed by atoms with Crippen molar-refractivity contribution in [1.82, 2.24) is 14.8 Å². The van der Waals surface area contributed by atoms with E-state index in [0.29, 0.717) is 19.0 Å². The lowest BCUT2D eigenvalue weighted by Crippen LogP contribution is -2.54. The number of fused-ring (bicyclic) bond motifs is 4. The highest BCUT2D eigenvalue weighted by Gasteiger charge is 2.44. The topological polar surface area (TPSA) is 91.6 Å². The normalized spacial score (nSPS) is 22.6. The fourth-order valence-electron chi connectivity index (χ4n) is 4.47. The first-order valence-corrected chi connectivity index (χ1v) is 10.1. The number of hydrogen-bond donors (Lipinski definition) is 2. The summed E-state index contributed by atoms with van der Waals surface area (Å²) in [5, 5.41) is 13.0. The van der Waals surface area contributed by atoms with E-state index in [1.165, 1.54) is 16.8 Å². The Morgan fingerprint density at radius 3 is 2.77 bits per heavy atom. The summed E-state index contributed by atoms with van der Waals surface area (Å²) in [6, 6.07) is 2.94. The van der Waals surface area contributed by atoms with E-state index in [1.54, 1.807) is 4.90 Å². The molecule has 164 valence electrons. The first-order valence-electron chi connectivity index (χ1n) is 10.1. The number of carbonyl (C=O) groups is 2. The zero-order chi connectivity index (χ0) is 22.5. The Morgan fingerprint density at radius 1 is 1.32 bits per heavy atom. The number of amides is 2. The number of carbonyl (C=O) groups excluding carboxylic acids is 2. The highest BCUT2D eigenvalue weighted by atomic mass is 19.1. The summed E-state index contributed by atoms with van der Waals surface area (Å²) in [6.45, 7) is 4.00. The molecule has 2 unspecified atom stereocenters. The third-order valence-electron chi connectivity index (χ3n) is 6.31. The highest BCUT2D eigenvalue weighted by Crippen LogP contribution is 2.38. The Morgan fingerprint density at radius 2 is 2.06 bits per heavy atom. The summed E-state index contributed by atoms with van der Waals surface area (Å²) in [5.41, 5.74) is -1.96. The average molecular weight is 431 g/mol. The molecule has 3 heterocycles. The fraction of sp³-hybridized carbons (Fsp3) is 0.409. The number of aromatic hydroxyl groups is 1. The Balaban J connectivity index is 1.71. The molecule has 1 fully saturated rings. The maximum atomic E-state index is 13.8. The number of rotatable bonds is 3. The molecule has 0 saturated carbocycles. The zero-order valence-corrected chi connectivity index (χ0v) is 17.2. The summed E-state index contributed by atoms with van der Waals surface area (Å²) in [4.78, 5) is 40.1. The molecule has 4 rings (SSSR count). The van der Waals surface area contributed by atoms with E-state index in [-0.39, 0.29) is 29.4 Å². The van der Waals surface area contributed by atoms with Crippen molar-refractivity contribution in [3.63, 3.8) is 0 Å². The van der Waals surface area contributed by atoms with Crippen molar-refractivity contribution >= 4 is 11.8 Å². The van der Waals surface area contributed by atoms with Crippen molar-refractivity contribution in [3.8, 4) is 5.75 Å². The van der Waals surface area contributed by atoms with Crippen LogP contribution in [0.4, 0.5) is 8.78 Å². The summed E-state index contributed by atoms with van der Waals surface area (Å²) in [6.07, 6.45) is 3.66. The van der Waals surface area contributed by atoms with Crippen LogP contribution in [0, 0.1) is 11.6 Å². The molecule has 0 radical (unpaired) electrons. The molecular formula is C22H23F2N3O4. The Labute approximate surface area is 177 Å². The summed E-state index contributed by atoms with van der Waals surface area (Å²) >= 11 is 0. The highest BCUT2D eigenvalue weighted by molar-refractivity contribution is 5.99. The summed E-state index contributed by atoms with van der Waals surface area (Å²) in [7, 11) is 0. The van der Waals surface area contributed by atoms with Crippen molar-refractivity contribution in [2.75, 3.05) is 6.54 Å². The predicted molar refractivity (Wildman–Crippen MR) is 108 cm³/mol. The number of hydrogen-bond acceptors (Lipinski definition) is 4. The van der Waals surface area contributed by atoms with Crippen LogP contribution in [0.3, 0.4) is 0 Å². The summed E-state index contributed by atoms with van der Waals surface area (Å²) in [5.74, 6) is -3.59. The van der Waals surface area contributed by atoms with Crippen molar-refractivity contribution in [3.05, 3.63) is 63.1 Å². The molecule has 9 heteroatoms. The number of pyridine rings is 1. The van der Waals surface area contributed by atoms with Crippen molar-refractivity contribution in [2.45, 2.75) is 51.2 Å². The van der Waals surface area contributed by atoms with Crippen molar-refractivity contribution in [1.29, 1.82) is 0 Å². The minimum Gasteiger partial charge on any atom is -0.503 e. The fourth-order valence-corrected chi connectivity index (χ4v) is 4.47. The molecule has 1 aromatic carbocycles. The van der Waals surface area contributed by atoms with E-state index >= 15 is 0 Å². The van der Waals surface area contributed by atoms with Gasteiger partial charge >= 0.3 is 0 Å². The van der Waals surface area contributed by atoms with Crippen LogP contribution in [0.5, 0.6) is 5.75 Å². The maximum absolute atomic E-state index is 13.8. The van der Waals surface area contributed by atoms with E-state index in [1.807, 2.05) is 13.8 Å². The van der Waals surface area contributed by atoms with Crippen molar-refractivity contribution < 1.29 is 23.5 Å². The van der Waals surface area contributed by atoms with E-state index < -0.39 is 40.2 Å². The monoisotopic (exact) mass is 431 g/mol. The van der Waals surface area contributed by atoms with Gasteiger partial charge in [-0.3, -0.25) is 14.4 Å². The first kappa shape index (κ1) is 21.0. The zero-order valence-electron chi connectivity index (χ0n) is 17.2. The number of halogens is 2. The Hall–Kier alpha value is -3.23. The second kappa shape index (κ2) is 7.47. The minimum absolute atomic E-state index is 0.0221. The van der Waals surface area contributed by atoms with Gasteiger partial charge in [-0.25, -0.2) is 8.78 Å². The third kappa shape index (κ3) is 3.47. The molecule has 1 saturated heterocycles. The number of benzene rings is 1. The quantitative estimate of drug-likeness (QED) is 0.781. The molecule has 7 nitrogen and oxygen atoms in total. The van der Waals surface area contributed by atoms with Gasteiger partial charge < -0.3 is 19.9 Å². The average Bonchev–Trinajstić information content (AvgIpc) is 2.85. The van der Waals surface area contributed by atoms with Crippen LogP contribution < -0.4 is 10.7 Å². The van der Waals surface area contributed by atoms with Gasteiger partial charge in [0, 0.05) is 37.0 Å². The van der Waals surface area contributed by atoms with Gasteiger partial charge in [0.15, 0.2) is 11.4 Å². The van der Waals surface area contributed by atoms with Gasteiger partial charge in [-0.1, -0.05) is 6.07 Å². The van der Waals surface area contributed by atoms with Gasteiger partial charge in [-0.2, -0.15) is 0 Å². The molecule has 2 atom stereocenters. The largest absolute Gasteiger partial charge is 0.503 e. The molecule has 31 heavy (non-hydrogen) atoms. The van der Waals surface area contributed by atoms with Crippen LogP contribution in [0.1, 0.15) is 59.5 Å². The van der Waals surface area contributed by atoms with Gasteiger partial charge in [0.1, 0.15) is 17.2 Å². The van der Waals surface area contributed by atoms with Gasteiger partial charge in [0.2, 0.25) is 5.43 Å². The minimum atomic E-state index is -0.965. The van der Waals surface area contributed by atoms with Gasteiger partial charge in [-0.05, 0) is 39.2 Å². The van der Waals surface area contributed by atoms with Crippen molar-refractivity contribution in [2.24, 2.45) is 0 Å². The van der Waals surface area contributed by atoms with Crippen LogP contribution in [-0.2, 0) is 12.1 Å². The third-order valence-corrected chi connectivity index (χ3v) is 6.31. The Bertz CT molecular complexity index is 1150. The molecule has 2 bridgehead atoms. The lowest BCUT2D eigenvalue weighted by Gasteiger charge is -2.43. The molecule has 0 spiro atoms.